The number of rotatable bonds is 6. The van der Waals surface area contributed by atoms with Crippen molar-refractivity contribution in [3.8, 4) is 5.75 Å². The molecular formula is C16H14FNO5S. The van der Waals surface area contributed by atoms with Gasteiger partial charge >= 0.3 is 5.97 Å². The fourth-order valence-corrected chi connectivity index (χ4v) is 3.29. The van der Waals surface area contributed by atoms with Gasteiger partial charge in [-0.3, -0.25) is 4.72 Å². The Morgan fingerprint density at radius 3 is 2.50 bits per heavy atom. The fraction of sp³-hybridized carbons (Fsp3) is 0.0625. The maximum atomic E-state index is 13.7. The molecule has 0 fully saturated rings. The van der Waals surface area contributed by atoms with Crippen LogP contribution in [-0.2, 0) is 10.0 Å². The molecule has 0 aromatic heterocycles. The summed E-state index contributed by atoms with van der Waals surface area (Å²) in [6, 6.07) is 7.47. The lowest BCUT2D eigenvalue weighted by Gasteiger charge is -2.15. The summed E-state index contributed by atoms with van der Waals surface area (Å²) in [6.07, 6.45) is 1.38. The Labute approximate surface area is 138 Å². The van der Waals surface area contributed by atoms with Gasteiger partial charge in [-0.15, -0.1) is 0 Å². The molecule has 0 atom stereocenters. The van der Waals surface area contributed by atoms with E-state index in [1.54, 1.807) is 0 Å². The number of methoxy groups -OCH3 is 1. The summed E-state index contributed by atoms with van der Waals surface area (Å²) in [5.74, 6) is -2.40. The molecule has 0 saturated heterocycles. The van der Waals surface area contributed by atoms with Gasteiger partial charge in [0.15, 0.2) is 0 Å². The Kier molecular flexibility index (Phi) is 4.89. The van der Waals surface area contributed by atoms with E-state index in [9.17, 15) is 22.7 Å². The highest BCUT2D eigenvalue weighted by Gasteiger charge is 2.25. The molecule has 0 bridgehead atoms. The molecular weight excluding hydrogens is 337 g/mol. The maximum Gasteiger partial charge on any atom is 0.341 e. The van der Waals surface area contributed by atoms with E-state index in [1.165, 1.54) is 37.5 Å². The van der Waals surface area contributed by atoms with Crippen LogP contribution >= 0.6 is 0 Å². The first-order valence-corrected chi connectivity index (χ1v) is 8.14. The number of carbonyl (C=O) groups is 1. The molecule has 0 aliphatic rings. The standard InChI is InChI=1S/C16H14FNO5S/c1-3-10-8-9-12(14(16(19)20)15(10)23-2)18-24(21,22)13-7-5-4-6-11(13)17/h3-9,18H,1H2,2H3,(H,19,20). The van der Waals surface area contributed by atoms with Crippen LogP contribution in [0.15, 0.2) is 47.9 Å². The number of nitrogens with one attached hydrogen (secondary N) is 1. The van der Waals surface area contributed by atoms with Crippen molar-refractivity contribution < 1.29 is 27.4 Å². The smallest absolute Gasteiger partial charge is 0.341 e. The lowest BCUT2D eigenvalue weighted by atomic mass is 10.1. The third-order valence-corrected chi connectivity index (χ3v) is 4.60. The molecule has 6 nitrogen and oxygen atoms in total. The van der Waals surface area contributed by atoms with Crippen molar-refractivity contribution >= 4 is 27.8 Å². The van der Waals surface area contributed by atoms with Gasteiger partial charge < -0.3 is 9.84 Å². The topological polar surface area (TPSA) is 92.7 Å². The normalized spacial score (nSPS) is 10.9. The van der Waals surface area contributed by atoms with Crippen LogP contribution in [0.5, 0.6) is 5.75 Å². The Balaban J connectivity index is 2.60. The van der Waals surface area contributed by atoms with Crippen LogP contribution in [0.25, 0.3) is 6.08 Å². The van der Waals surface area contributed by atoms with E-state index in [0.29, 0.717) is 5.56 Å². The van der Waals surface area contributed by atoms with E-state index < -0.39 is 32.3 Å². The number of carboxylic acids is 1. The van der Waals surface area contributed by atoms with Crippen LogP contribution < -0.4 is 9.46 Å². The number of halogens is 1. The van der Waals surface area contributed by atoms with Crippen molar-refractivity contribution in [2.45, 2.75) is 4.90 Å². The summed E-state index contributed by atoms with van der Waals surface area (Å²) in [5.41, 5.74) is -0.258. The molecule has 0 heterocycles. The molecule has 2 rings (SSSR count). The summed E-state index contributed by atoms with van der Waals surface area (Å²) in [7, 11) is -3.06. The average molecular weight is 351 g/mol. The largest absolute Gasteiger partial charge is 0.495 e. The third-order valence-electron chi connectivity index (χ3n) is 3.20. The number of aromatic carboxylic acids is 1. The number of hydrogen-bond acceptors (Lipinski definition) is 4. The van der Waals surface area contributed by atoms with Crippen LogP contribution in [-0.4, -0.2) is 26.6 Å². The molecule has 0 radical (unpaired) electrons. The SMILES string of the molecule is C=Cc1ccc(NS(=O)(=O)c2ccccc2F)c(C(=O)O)c1OC. The summed E-state index contributed by atoms with van der Waals surface area (Å²) in [6.45, 7) is 3.54. The highest BCUT2D eigenvalue weighted by Crippen LogP contribution is 2.33. The van der Waals surface area contributed by atoms with E-state index in [2.05, 4.69) is 11.3 Å². The zero-order valence-electron chi connectivity index (χ0n) is 12.6. The number of anilines is 1. The van der Waals surface area contributed by atoms with Crippen LogP contribution in [0.2, 0.25) is 0 Å². The van der Waals surface area contributed by atoms with Gasteiger partial charge in [0.1, 0.15) is 22.0 Å². The summed E-state index contributed by atoms with van der Waals surface area (Å²) in [5, 5.41) is 9.40. The molecule has 0 amide bonds. The van der Waals surface area contributed by atoms with Crippen LogP contribution in [0.1, 0.15) is 15.9 Å². The van der Waals surface area contributed by atoms with E-state index in [0.717, 1.165) is 12.1 Å². The van der Waals surface area contributed by atoms with Crippen molar-refractivity contribution in [2.75, 3.05) is 11.8 Å². The van der Waals surface area contributed by atoms with E-state index in [1.807, 2.05) is 0 Å². The van der Waals surface area contributed by atoms with Crippen molar-refractivity contribution in [1.82, 2.24) is 0 Å². The summed E-state index contributed by atoms with van der Waals surface area (Å²) in [4.78, 5) is 10.9. The van der Waals surface area contributed by atoms with Gasteiger partial charge in [0.25, 0.3) is 10.0 Å². The third kappa shape index (κ3) is 3.23. The number of hydrogen-bond donors (Lipinski definition) is 2. The Hall–Kier alpha value is -2.87. The fourth-order valence-electron chi connectivity index (χ4n) is 2.14. The monoisotopic (exact) mass is 351 g/mol. The van der Waals surface area contributed by atoms with E-state index in [-0.39, 0.29) is 11.4 Å². The minimum absolute atomic E-state index is 0.0498. The molecule has 2 aromatic carbocycles. The van der Waals surface area contributed by atoms with Gasteiger partial charge in [-0.25, -0.2) is 17.6 Å². The first-order valence-electron chi connectivity index (χ1n) is 6.66. The van der Waals surface area contributed by atoms with Gasteiger partial charge in [-0.2, -0.15) is 0 Å². The van der Waals surface area contributed by atoms with Gasteiger partial charge in [0.2, 0.25) is 0 Å². The molecule has 126 valence electrons. The van der Waals surface area contributed by atoms with Crippen molar-refractivity contribution in [1.29, 1.82) is 0 Å². The number of ether oxygens (including phenoxy) is 1. The average Bonchev–Trinajstić information content (AvgIpc) is 2.53. The number of carboxylic acid groups (broad SMARTS) is 1. The summed E-state index contributed by atoms with van der Waals surface area (Å²) >= 11 is 0. The predicted molar refractivity (Wildman–Crippen MR) is 87.3 cm³/mol. The molecule has 24 heavy (non-hydrogen) atoms. The first-order chi connectivity index (χ1) is 11.3. The van der Waals surface area contributed by atoms with Crippen LogP contribution in [0.3, 0.4) is 0 Å². The quantitative estimate of drug-likeness (QED) is 0.835. The van der Waals surface area contributed by atoms with Crippen molar-refractivity contribution in [2.24, 2.45) is 0 Å². The van der Waals surface area contributed by atoms with Crippen LogP contribution in [0, 0.1) is 5.82 Å². The molecule has 0 unspecified atom stereocenters. The highest BCUT2D eigenvalue weighted by molar-refractivity contribution is 7.92. The number of sulfonamides is 1. The van der Waals surface area contributed by atoms with Gasteiger partial charge in [0, 0.05) is 5.56 Å². The zero-order valence-corrected chi connectivity index (χ0v) is 13.4. The molecule has 0 aliphatic carbocycles. The Morgan fingerprint density at radius 2 is 1.96 bits per heavy atom. The Morgan fingerprint density at radius 1 is 1.29 bits per heavy atom. The molecule has 2 aromatic rings. The second-order valence-corrected chi connectivity index (χ2v) is 6.31. The van der Waals surface area contributed by atoms with Gasteiger partial charge in [-0.05, 0) is 24.3 Å². The zero-order chi connectivity index (χ0) is 17.9. The lowest BCUT2D eigenvalue weighted by molar-refractivity contribution is 0.0694. The Bertz CT molecular complexity index is 909. The number of benzene rings is 2. The lowest BCUT2D eigenvalue weighted by Crippen LogP contribution is -2.17. The summed E-state index contributed by atoms with van der Waals surface area (Å²) < 4.78 is 45.6. The molecule has 0 aliphatic heterocycles. The maximum absolute atomic E-state index is 13.7. The van der Waals surface area contributed by atoms with Gasteiger partial charge in [0.05, 0.1) is 12.8 Å². The van der Waals surface area contributed by atoms with Crippen molar-refractivity contribution in [3.63, 3.8) is 0 Å². The van der Waals surface area contributed by atoms with Gasteiger partial charge in [-0.1, -0.05) is 24.8 Å². The minimum atomic E-state index is -4.31. The van der Waals surface area contributed by atoms with Crippen molar-refractivity contribution in [3.05, 3.63) is 59.9 Å². The minimum Gasteiger partial charge on any atom is -0.495 e. The first kappa shape index (κ1) is 17.5. The predicted octanol–water partition coefficient (Wildman–Crippen LogP) is 2.98. The second kappa shape index (κ2) is 6.71. The second-order valence-electron chi connectivity index (χ2n) is 4.66. The van der Waals surface area contributed by atoms with Crippen LogP contribution in [0.4, 0.5) is 10.1 Å². The van der Waals surface area contributed by atoms with E-state index >= 15 is 0 Å². The molecule has 2 N–H and O–H groups in total. The van der Waals surface area contributed by atoms with E-state index in [4.69, 9.17) is 4.74 Å². The molecule has 8 heteroatoms. The highest BCUT2D eigenvalue weighted by atomic mass is 32.2. The molecule has 0 saturated carbocycles. The molecule has 0 spiro atoms.